The van der Waals surface area contributed by atoms with E-state index in [1.54, 1.807) is 13.0 Å². The monoisotopic (exact) mass is 398 g/mol. The number of methoxy groups -OCH3 is 1. The van der Waals surface area contributed by atoms with Crippen molar-refractivity contribution < 1.29 is 24.5 Å². The van der Waals surface area contributed by atoms with Gasteiger partial charge in [-0.25, -0.2) is 4.79 Å². The third-order valence-corrected chi connectivity index (χ3v) is 7.75. The van der Waals surface area contributed by atoms with Gasteiger partial charge in [0.15, 0.2) is 0 Å². The fourth-order valence-corrected chi connectivity index (χ4v) is 5.54. The van der Waals surface area contributed by atoms with Crippen LogP contribution in [0, 0.1) is 22.7 Å². The highest BCUT2D eigenvalue weighted by Gasteiger charge is 2.61. The fourth-order valence-electron chi connectivity index (χ4n) is 5.11. The molecular weight excluding hydrogens is 368 g/mol. The van der Waals surface area contributed by atoms with E-state index in [9.17, 15) is 19.8 Å². The van der Waals surface area contributed by atoms with Gasteiger partial charge in [-0.3, -0.25) is 0 Å². The van der Waals surface area contributed by atoms with Crippen LogP contribution in [-0.4, -0.2) is 47.2 Å². The molecule has 2 aliphatic carbocycles. The summed E-state index contributed by atoms with van der Waals surface area (Å²) in [7, 11) is 1.29. The minimum absolute atomic E-state index is 0.114. The Labute approximate surface area is 166 Å². The normalized spacial score (nSPS) is 39.7. The lowest BCUT2D eigenvalue weighted by atomic mass is 9.46. The van der Waals surface area contributed by atoms with E-state index in [4.69, 9.17) is 16.3 Å². The number of esters is 1. The van der Waals surface area contributed by atoms with Crippen LogP contribution < -0.4 is 0 Å². The molecule has 1 saturated carbocycles. The molecule has 0 bridgehead atoms. The average molecular weight is 399 g/mol. The van der Waals surface area contributed by atoms with Crippen LogP contribution in [0.15, 0.2) is 23.8 Å². The highest BCUT2D eigenvalue weighted by molar-refractivity contribution is 6.21. The number of carbonyl (C=O) groups is 2. The zero-order valence-corrected chi connectivity index (χ0v) is 17.3. The maximum absolute atomic E-state index is 12.2. The molecule has 27 heavy (non-hydrogen) atoms. The van der Waals surface area contributed by atoms with Crippen molar-refractivity contribution in [2.45, 2.75) is 64.0 Å². The minimum atomic E-state index is -0.825. The Morgan fingerprint density at radius 1 is 1.52 bits per heavy atom. The van der Waals surface area contributed by atoms with Crippen LogP contribution in [0.4, 0.5) is 0 Å². The van der Waals surface area contributed by atoms with Gasteiger partial charge in [-0.15, -0.1) is 11.6 Å². The van der Waals surface area contributed by atoms with Gasteiger partial charge in [-0.2, -0.15) is 0 Å². The predicted octanol–water partition coefficient (Wildman–Crippen LogP) is 3.02. The first kappa shape index (κ1) is 22.1. The summed E-state index contributed by atoms with van der Waals surface area (Å²) in [5, 5.41) is 20.8. The Morgan fingerprint density at radius 2 is 2.15 bits per heavy atom. The van der Waals surface area contributed by atoms with Crippen LogP contribution in [0.3, 0.4) is 0 Å². The first-order valence-corrected chi connectivity index (χ1v) is 9.86. The molecule has 152 valence electrons. The number of alkyl halides is 1. The maximum atomic E-state index is 12.2. The highest BCUT2D eigenvalue weighted by atomic mass is 35.5. The van der Waals surface area contributed by atoms with Gasteiger partial charge in [-0.05, 0) is 43.9 Å². The minimum Gasteiger partial charge on any atom is -0.466 e. The van der Waals surface area contributed by atoms with E-state index in [1.807, 2.05) is 6.92 Å². The molecule has 0 aromatic carbocycles. The molecule has 0 aromatic rings. The first-order chi connectivity index (χ1) is 12.5. The van der Waals surface area contributed by atoms with Crippen LogP contribution in [0.25, 0.3) is 0 Å². The number of aliphatic hydroxyl groups excluding tert-OH is 2. The molecule has 0 amide bonds. The van der Waals surface area contributed by atoms with Crippen LogP contribution in [0.2, 0.25) is 0 Å². The van der Waals surface area contributed by atoms with E-state index >= 15 is 0 Å². The summed E-state index contributed by atoms with van der Waals surface area (Å²) in [4.78, 5) is 24.2. The molecule has 0 saturated heterocycles. The van der Waals surface area contributed by atoms with Crippen molar-refractivity contribution in [3.63, 3.8) is 0 Å². The van der Waals surface area contributed by atoms with Gasteiger partial charge in [0.1, 0.15) is 6.29 Å². The van der Waals surface area contributed by atoms with Crippen molar-refractivity contribution in [2.75, 3.05) is 7.11 Å². The molecule has 0 aromatic heterocycles. The molecule has 2 rings (SSSR count). The second-order valence-electron chi connectivity index (χ2n) is 8.54. The Morgan fingerprint density at radius 3 is 2.67 bits per heavy atom. The van der Waals surface area contributed by atoms with Gasteiger partial charge in [0.05, 0.1) is 25.2 Å². The topological polar surface area (TPSA) is 83.8 Å². The van der Waals surface area contributed by atoms with Crippen molar-refractivity contribution in [1.82, 2.24) is 0 Å². The zero-order valence-electron chi connectivity index (χ0n) is 16.6. The third kappa shape index (κ3) is 3.62. The molecule has 2 N–H and O–H groups in total. The summed E-state index contributed by atoms with van der Waals surface area (Å²) in [6, 6.07) is 0. The van der Waals surface area contributed by atoms with Gasteiger partial charge < -0.3 is 19.7 Å². The van der Waals surface area contributed by atoms with E-state index in [1.165, 1.54) is 7.11 Å². The third-order valence-electron chi connectivity index (χ3n) is 7.07. The second-order valence-corrected chi connectivity index (χ2v) is 9.07. The molecule has 1 fully saturated rings. The van der Waals surface area contributed by atoms with Crippen molar-refractivity contribution in [1.29, 1.82) is 0 Å². The average Bonchev–Trinajstić information content (AvgIpc) is 2.63. The first-order valence-electron chi connectivity index (χ1n) is 9.43. The SMILES string of the molecule is C=C(C)[C@@H](O)CC[C@]1(C)[C@@H](Cl)C[C@H](O)[C@]2(C)[C@H](C=O)C(C(=O)OC)=CC[C@@H]12. The number of halogens is 1. The summed E-state index contributed by atoms with van der Waals surface area (Å²) in [5.41, 5.74) is -0.229. The summed E-state index contributed by atoms with van der Waals surface area (Å²) < 4.78 is 4.84. The molecule has 0 spiro atoms. The number of aliphatic hydroxyl groups is 2. The van der Waals surface area contributed by atoms with Gasteiger partial charge in [0, 0.05) is 16.4 Å². The Hall–Kier alpha value is -1.17. The number of rotatable bonds is 6. The molecule has 0 unspecified atom stereocenters. The van der Waals surface area contributed by atoms with Crippen LogP contribution >= 0.6 is 11.6 Å². The number of fused-ring (bicyclic) bond motifs is 1. The van der Waals surface area contributed by atoms with E-state index in [0.29, 0.717) is 36.8 Å². The van der Waals surface area contributed by atoms with Gasteiger partial charge >= 0.3 is 5.97 Å². The predicted molar refractivity (Wildman–Crippen MR) is 104 cm³/mol. The lowest BCUT2D eigenvalue weighted by Gasteiger charge is -2.60. The smallest absolute Gasteiger partial charge is 0.334 e. The molecule has 0 aliphatic heterocycles. The number of allylic oxidation sites excluding steroid dienone is 1. The van der Waals surface area contributed by atoms with Gasteiger partial charge in [0.25, 0.3) is 0 Å². The summed E-state index contributed by atoms with van der Waals surface area (Å²) in [6.07, 6.45) is 3.07. The fraction of sp³-hybridized carbons (Fsp3) is 0.714. The Balaban J connectivity index is 2.46. The lowest BCUT2D eigenvalue weighted by Crippen LogP contribution is -2.61. The second kappa shape index (κ2) is 8.06. The molecule has 5 nitrogen and oxygen atoms in total. The van der Waals surface area contributed by atoms with E-state index in [2.05, 4.69) is 13.5 Å². The number of ether oxygens (including phenoxy) is 1. The number of hydrogen-bond donors (Lipinski definition) is 2. The van der Waals surface area contributed by atoms with E-state index in [0.717, 1.165) is 6.29 Å². The Kier molecular flexibility index (Phi) is 6.60. The van der Waals surface area contributed by atoms with E-state index in [-0.39, 0.29) is 11.3 Å². The standard InChI is InChI=1S/C21H31ClO5/c1-12(2)15(24)8-9-20(3)16-7-6-13(19(26)27-5)14(11-23)21(16,4)18(25)10-17(20)22/h6,11,14-18,24-25H,1,7-10H2,2-5H3/t14-,15+,16+,17+,18+,20+,21-/m1/s1. The number of hydrogen-bond acceptors (Lipinski definition) is 5. The van der Waals surface area contributed by atoms with Crippen molar-refractivity contribution in [2.24, 2.45) is 22.7 Å². The van der Waals surface area contributed by atoms with Crippen molar-refractivity contribution in [3.8, 4) is 0 Å². The zero-order chi connectivity index (χ0) is 20.6. The summed E-state index contributed by atoms with van der Waals surface area (Å²) in [5.74, 6) is -1.41. The van der Waals surface area contributed by atoms with E-state index < -0.39 is 34.9 Å². The largest absolute Gasteiger partial charge is 0.466 e. The van der Waals surface area contributed by atoms with Gasteiger partial charge in [-0.1, -0.05) is 32.1 Å². The molecule has 2 aliphatic rings. The summed E-state index contributed by atoms with van der Waals surface area (Å²) >= 11 is 6.72. The Bertz CT molecular complexity index is 644. The molecule has 0 radical (unpaired) electrons. The van der Waals surface area contributed by atoms with Crippen molar-refractivity contribution in [3.05, 3.63) is 23.8 Å². The molecule has 6 heteroatoms. The quantitative estimate of drug-likeness (QED) is 0.311. The molecule has 7 atom stereocenters. The van der Waals surface area contributed by atoms with Crippen LogP contribution in [0.1, 0.15) is 46.5 Å². The highest BCUT2D eigenvalue weighted by Crippen LogP contribution is 2.62. The number of carbonyl (C=O) groups excluding carboxylic acids is 2. The van der Waals surface area contributed by atoms with Gasteiger partial charge in [0.2, 0.25) is 0 Å². The maximum Gasteiger partial charge on any atom is 0.334 e. The van der Waals surface area contributed by atoms with Crippen molar-refractivity contribution >= 4 is 23.9 Å². The number of aldehydes is 1. The van der Waals surface area contributed by atoms with Crippen LogP contribution in [0.5, 0.6) is 0 Å². The summed E-state index contributed by atoms with van der Waals surface area (Å²) in [6.45, 7) is 9.52. The molecule has 0 heterocycles. The lowest BCUT2D eigenvalue weighted by molar-refractivity contribution is -0.153. The van der Waals surface area contributed by atoms with Crippen LogP contribution in [-0.2, 0) is 14.3 Å². The molecular formula is C21H31ClO5.